The van der Waals surface area contributed by atoms with Gasteiger partial charge in [0.15, 0.2) is 9.84 Å². The molecule has 8 nitrogen and oxygen atoms in total. The molecule has 1 fully saturated rings. The normalized spacial score (nSPS) is 20.5. The zero-order valence-electron chi connectivity index (χ0n) is 12.7. The molecular weight excluding hydrogens is 342 g/mol. The maximum absolute atomic E-state index is 12.0. The Hall–Kier alpha value is -1.52. The van der Waals surface area contributed by atoms with Gasteiger partial charge in [-0.05, 0) is 18.1 Å². The molecule has 0 spiro atoms. The molecular formula is C13H19N3O5S2. The summed E-state index contributed by atoms with van der Waals surface area (Å²) in [5, 5.41) is 2.61. The molecule has 1 atom stereocenters. The first-order chi connectivity index (χ1) is 10.7. The third kappa shape index (κ3) is 5.26. The average molecular weight is 361 g/mol. The Morgan fingerprint density at radius 2 is 2.22 bits per heavy atom. The molecule has 1 N–H and O–H groups in total. The smallest absolute Gasteiger partial charge is 0.235 e. The summed E-state index contributed by atoms with van der Waals surface area (Å²) in [5.41, 5.74) is 0.787. The summed E-state index contributed by atoms with van der Waals surface area (Å²) >= 11 is 0. The number of nitrogens with zero attached hydrogens (tertiary/aromatic N) is 2. The van der Waals surface area contributed by atoms with Crippen molar-refractivity contribution in [3.63, 3.8) is 0 Å². The molecule has 2 heterocycles. The Labute approximate surface area is 135 Å². The highest BCUT2D eigenvalue weighted by Crippen LogP contribution is 2.19. The molecule has 23 heavy (non-hydrogen) atoms. The van der Waals surface area contributed by atoms with Crippen molar-refractivity contribution in [2.24, 2.45) is 0 Å². The third-order valence-electron chi connectivity index (χ3n) is 3.55. The Morgan fingerprint density at radius 1 is 1.48 bits per heavy atom. The number of aromatic nitrogens is 1. The lowest BCUT2D eigenvalue weighted by Gasteiger charge is -2.24. The van der Waals surface area contributed by atoms with E-state index in [1.807, 2.05) is 0 Å². The second kappa shape index (κ2) is 6.93. The number of hydrogen-bond acceptors (Lipinski definition) is 6. The zero-order valence-corrected chi connectivity index (χ0v) is 14.3. The number of rotatable bonds is 6. The number of nitrogens with one attached hydrogen (secondary N) is 1. The lowest BCUT2D eigenvalue weighted by molar-refractivity contribution is -0.121. The number of carbonyl (C=O) groups is 1. The van der Waals surface area contributed by atoms with Crippen LogP contribution in [0.2, 0.25) is 0 Å². The van der Waals surface area contributed by atoms with Gasteiger partial charge in [-0.25, -0.2) is 16.8 Å². The number of carbonyl (C=O) groups excluding carboxylic acids is 1. The molecule has 2 rings (SSSR count). The Bertz CT molecular complexity index is 762. The first-order valence-electron chi connectivity index (χ1n) is 7.00. The summed E-state index contributed by atoms with van der Waals surface area (Å²) in [6, 6.07) is 2.83. The van der Waals surface area contributed by atoms with Crippen molar-refractivity contribution >= 4 is 25.8 Å². The fourth-order valence-corrected chi connectivity index (χ4v) is 5.32. The minimum atomic E-state index is -3.68. The van der Waals surface area contributed by atoms with Crippen LogP contribution in [0.4, 0.5) is 0 Å². The van der Waals surface area contributed by atoms with Gasteiger partial charge >= 0.3 is 0 Å². The van der Waals surface area contributed by atoms with Crippen LogP contribution in [0.25, 0.3) is 0 Å². The fourth-order valence-electron chi connectivity index (χ4n) is 2.42. The average Bonchev–Trinajstić information content (AvgIpc) is 2.82. The number of pyridine rings is 1. The van der Waals surface area contributed by atoms with Crippen molar-refractivity contribution in [1.82, 2.24) is 14.6 Å². The Kier molecular flexibility index (Phi) is 5.37. The van der Waals surface area contributed by atoms with Crippen molar-refractivity contribution in [2.75, 3.05) is 24.3 Å². The van der Waals surface area contributed by atoms with Crippen LogP contribution in [0.15, 0.2) is 24.5 Å². The predicted octanol–water partition coefficient (Wildman–Crippen LogP) is -0.853. The summed E-state index contributed by atoms with van der Waals surface area (Å²) in [7, 11) is -6.92. The Morgan fingerprint density at radius 3 is 2.74 bits per heavy atom. The largest absolute Gasteiger partial charge is 0.351 e. The molecule has 0 saturated carbocycles. The summed E-state index contributed by atoms with van der Waals surface area (Å²) in [6.45, 7) is -0.160. The van der Waals surface area contributed by atoms with E-state index >= 15 is 0 Å². The molecule has 1 unspecified atom stereocenters. The highest BCUT2D eigenvalue weighted by Gasteiger charge is 2.37. The van der Waals surface area contributed by atoms with E-state index in [9.17, 15) is 21.6 Å². The predicted molar refractivity (Wildman–Crippen MR) is 84.7 cm³/mol. The van der Waals surface area contributed by atoms with Crippen molar-refractivity contribution in [3.8, 4) is 0 Å². The van der Waals surface area contributed by atoms with E-state index in [-0.39, 0.29) is 31.0 Å². The van der Waals surface area contributed by atoms with Crippen molar-refractivity contribution < 1.29 is 21.6 Å². The third-order valence-corrected chi connectivity index (χ3v) is 6.58. The Balaban J connectivity index is 2.00. The molecule has 128 valence electrons. The highest BCUT2D eigenvalue weighted by atomic mass is 32.2. The van der Waals surface area contributed by atoms with Crippen LogP contribution < -0.4 is 5.32 Å². The molecule has 1 aliphatic rings. The molecule has 1 saturated heterocycles. The second-order valence-corrected chi connectivity index (χ2v) is 9.67. The van der Waals surface area contributed by atoms with Crippen LogP contribution in [0.3, 0.4) is 0 Å². The van der Waals surface area contributed by atoms with Gasteiger partial charge in [-0.1, -0.05) is 6.07 Å². The summed E-state index contributed by atoms with van der Waals surface area (Å²) in [6.07, 6.45) is 4.40. The van der Waals surface area contributed by atoms with E-state index in [1.54, 1.807) is 24.5 Å². The van der Waals surface area contributed by atoms with Crippen LogP contribution in [-0.4, -0.2) is 62.4 Å². The highest BCUT2D eigenvalue weighted by molar-refractivity contribution is 7.92. The first kappa shape index (κ1) is 17.8. The van der Waals surface area contributed by atoms with E-state index in [1.165, 1.54) is 0 Å². The molecule has 1 aromatic heterocycles. The molecule has 1 aromatic rings. The lowest BCUT2D eigenvalue weighted by Crippen LogP contribution is -2.46. The van der Waals surface area contributed by atoms with Gasteiger partial charge in [-0.15, -0.1) is 0 Å². The quantitative estimate of drug-likeness (QED) is 0.706. The fraction of sp³-hybridized carbons (Fsp3) is 0.538. The topological polar surface area (TPSA) is 114 Å². The first-order valence-corrected chi connectivity index (χ1v) is 10.7. The van der Waals surface area contributed by atoms with Gasteiger partial charge in [0.05, 0.1) is 24.3 Å². The molecule has 1 amide bonds. The summed E-state index contributed by atoms with van der Waals surface area (Å²) in [4.78, 5) is 15.9. The number of amides is 1. The van der Waals surface area contributed by atoms with Gasteiger partial charge in [0.1, 0.15) is 0 Å². The van der Waals surface area contributed by atoms with Crippen LogP contribution in [0.1, 0.15) is 12.0 Å². The minimum absolute atomic E-state index is 0.0546. The maximum atomic E-state index is 12.0. The molecule has 0 radical (unpaired) electrons. The summed E-state index contributed by atoms with van der Waals surface area (Å²) in [5.74, 6) is -0.777. The van der Waals surface area contributed by atoms with Crippen molar-refractivity contribution in [3.05, 3.63) is 30.1 Å². The van der Waals surface area contributed by atoms with Gasteiger partial charge in [-0.2, -0.15) is 4.31 Å². The van der Waals surface area contributed by atoms with Crippen LogP contribution >= 0.6 is 0 Å². The molecule has 1 aliphatic heterocycles. The second-order valence-electron chi connectivity index (χ2n) is 5.50. The summed E-state index contributed by atoms with van der Waals surface area (Å²) < 4.78 is 47.8. The standard InChI is InChI=1S/C13H19N3O5S2/c1-22(18,19)16(12-4-6-23(20,21)10-12)9-13(17)15-8-11-3-2-5-14-7-11/h2-3,5,7,12H,4,6,8-10H2,1H3,(H,15,17). The number of hydrogen-bond donors (Lipinski definition) is 1. The van der Waals surface area contributed by atoms with Gasteiger partial charge in [-0.3, -0.25) is 9.78 Å². The molecule has 0 aliphatic carbocycles. The van der Waals surface area contributed by atoms with Gasteiger partial charge in [0.25, 0.3) is 0 Å². The zero-order chi connectivity index (χ0) is 17.1. The van der Waals surface area contributed by atoms with Gasteiger partial charge in [0.2, 0.25) is 15.9 Å². The van der Waals surface area contributed by atoms with Crippen molar-refractivity contribution in [2.45, 2.75) is 19.0 Å². The SMILES string of the molecule is CS(=O)(=O)N(CC(=O)NCc1cccnc1)C1CCS(=O)(=O)C1. The lowest BCUT2D eigenvalue weighted by atomic mass is 10.2. The van der Waals surface area contributed by atoms with Crippen LogP contribution in [0.5, 0.6) is 0 Å². The van der Waals surface area contributed by atoms with E-state index in [0.29, 0.717) is 0 Å². The van der Waals surface area contributed by atoms with E-state index in [2.05, 4.69) is 10.3 Å². The van der Waals surface area contributed by atoms with E-state index in [4.69, 9.17) is 0 Å². The van der Waals surface area contributed by atoms with Gasteiger partial charge in [0, 0.05) is 25.0 Å². The molecule has 0 aromatic carbocycles. The van der Waals surface area contributed by atoms with Gasteiger partial charge < -0.3 is 5.32 Å². The molecule has 10 heteroatoms. The van der Waals surface area contributed by atoms with E-state index in [0.717, 1.165) is 16.1 Å². The van der Waals surface area contributed by atoms with Crippen LogP contribution in [0, 0.1) is 0 Å². The van der Waals surface area contributed by atoms with Crippen LogP contribution in [-0.2, 0) is 31.2 Å². The monoisotopic (exact) mass is 361 g/mol. The molecule has 0 bridgehead atoms. The van der Waals surface area contributed by atoms with Crippen molar-refractivity contribution in [1.29, 1.82) is 0 Å². The maximum Gasteiger partial charge on any atom is 0.235 e. The number of sulfonamides is 1. The minimum Gasteiger partial charge on any atom is -0.351 e. The van der Waals surface area contributed by atoms with E-state index < -0.39 is 31.8 Å². The number of sulfone groups is 1.